The lowest BCUT2D eigenvalue weighted by Gasteiger charge is -2.18. The molecule has 1 aromatic carbocycles. The van der Waals surface area contributed by atoms with Gasteiger partial charge in [0.1, 0.15) is 5.75 Å². The van der Waals surface area contributed by atoms with Crippen LogP contribution >= 0.6 is 0 Å². The standard InChI is InChI=1S/C14H18O2/c1-16-13-7-8-14-11(6-3-9-15)4-2-5-12(14)10-13/h4,7-8,10,15H,2-3,5-6,9H2,1H3. The first-order chi connectivity index (χ1) is 7.85. The molecule has 0 atom stereocenters. The molecule has 0 spiro atoms. The lowest BCUT2D eigenvalue weighted by molar-refractivity contribution is 0.290. The Bertz CT molecular complexity index is 394. The third-order valence-corrected chi connectivity index (χ3v) is 3.07. The van der Waals surface area contributed by atoms with Gasteiger partial charge < -0.3 is 9.84 Å². The minimum Gasteiger partial charge on any atom is -0.497 e. The summed E-state index contributed by atoms with van der Waals surface area (Å²) in [5.74, 6) is 0.933. The van der Waals surface area contributed by atoms with Crippen LogP contribution in [0.3, 0.4) is 0 Å². The van der Waals surface area contributed by atoms with E-state index in [9.17, 15) is 0 Å². The van der Waals surface area contributed by atoms with E-state index in [0.29, 0.717) is 0 Å². The second-order valence-electron chi connectivity index (χ2n) is 4.12. The first kappa shape index (κ1) is 11.2. The van der Waals surface area contributed by atoms with Crippen LogP contribution in [0.25, 0.3) is 5.57 Å². The summed E-state index contributed by atoms with van der Waals surface area (Å²) in [6.07, 6.45) is 6.30. The summed E-state index contributed by atoms with van der Waals surface area (Å²) in [5, 5.41) is 8.88. The Kier molecular flexibility index (Phi) is 3.62. The number of benzene rings is 1. The van der Waals surface area contributed by atoms with Gasteiger partial charge in [0.25, 0.3) is 0 Å². The molecule has 0 unspecified atom stereocenters. The molecule has 16 heavy (non-hydrogen) atoms. The number of rotatable bonds is 4. The highest BCUT2D eigenvalue weighted by Crippen LogP contribution is 2.31. The van der Waals surface area contributed by atoms with E-state index < -0.39 is 0 Å². The minimum atomic E-state index is 0.267. The van der Waals surface area contributed by atoms with Gasteiger partial charge in [-0.3, -0.25) is 0 Å². The molecule has 1 N–H and O–H groups in total. The van der Waals surface area contributed by atoms with Crippen molar-refractivity contribution in [1.82, 2.24) is 0 Å². The van der Waals surface area contributed by atoms with Crippen LogP contribution in [0.1, 0.15) is 30.4 Å². The van der Waals surface area contributed by atoms with Crippen LogP contribution in [0.15, 0.2) is 24.3 Å². The molecule has 2 rings (SSSR count). The van der Waals surface area contributed by atoms with Gasteiger partial charge in [0, 0.05) is 6.61 Å². The van der Waals surface area contributed by atoms with Crippen molar-refractivity contribution < 1.29 is 9.84 Å². The number of hydrogen-bond donors (Lipinski definition) is 1. The van der Waals surface area contributed by atoms with Crippen molar-refractivity contribution in [3.63, 3.8) is 0 Å². The van der Waals surface area contributed by atoms with Crippen LogP contribution in [0.4, 0.5) is 0 Å². The zero-order valence-electron chi connectivity index (χ0n) is 9.70. The fourth-order valence-corrected chi connectivity index (χ4v) is 2.24. The van der Waals surface area contributed by atoms with Crippen LogP contribution in [0.2, 0.25) is 0 Å². The van der Waals surface area contributed by atoms with Crippen molar-refractivity contribution in [1.29, 1.82) is 0 Å². The average molecular weight is 218 g/mol. The SMILES string of the molecule is COc1ccc2c(c1)CCC=C2CCCO. The largest absolute Gasteiger partial charge is 0.497 e. The zero-order chi connectivity index (χ0) is 11.4. The van der Waals surface area contributed by atoms with E-state index in [4.69, 9.17) is 9.84 Å². The normalized spacial score (nSPS) is 14.2. The minimum absolute atomic E-state index is 0.267. The van der Waals surface area contributed by atoms with Gasteiger partial charge in [-0.25, -0.2) is 0 Å². The molecule has 0 aliphatic heterocycles. The maximum atomic E-state index is 8.88. The van der Waals surface area contributed by atoms with E-state index in [2.05, 4.69) is 18.2 Å². The van der Waals surface area contributed by atoms with E-state index in [1.165, 1.54) is 16.7 Å². The third-order valence-electron chi connectivity index (χ3n) is 3.07. The molecule has 86 valence electrons. The summed E-state index contributed by atoms with van der Waals surface area (Å²) in [6, 6.07) is 6.27. The fraction of sp³-hybridized carbons (Fsp3) is 0.429. The molecule has 0 saturated heterocycles. The van der Waals surface area contributed by atoms with Crippen molar-refractivity contribution in [2.75, 3.05) is 13.7 Å². The van der Waals surface area contributed by atoms with Gasteiger partial charge in [-0.15, -0.1) is 0 Å². The van der Waals surface area contributed by atoms with Gasteiger partial charge in [0.2, 0.25) is 0 Å². The number of fused-ring (bicyclic) bond motifs is 1. The maximum absolute atomic E-state index is 8.88. The van der Waals surface area contributed by atoms with Gasteiger partial charge in [0.05, 0.1) is 7.11 Å². The summed E-state index contributed by atoms with van der Waals surface area (Å²) >= 11 is 0. The van der Waals surface area contributed by atoms with Crippen LogP contribution < -0.4 is 4.74 Å². The molecular formula is C14H18O2. The lowest BCUT2D eigenvalue weighted by atomic mass is 9.88. The van der Waals surface area contributed by atoms with E-state index >= 15 is 0 Å². The molecule has 0 heterocycles. The summed E-state index contributed by atoms with van der Waals surface area (Å²) < 4.78 is 5.24. The fourth-order valence-electron chi connectivity index (χ4n) is 2.24. The highest BCUT2D eigenvalue weighted by atomic mass is 16.5. The number of aryl methyl sites for hydroxylation is 1. The van der Waals surface area contributed by atoms with Crippen molar-refractivity contribution in [3.8, 4) is 5.75 Å². The number of methoxy groups -OCH3 is 1. The topological polar surface area (TPSA) is 29.5 Å². The van der Waals surface area contributed by atoms with E-state index in [-0.39, 0.29) is 6.61 Å². The summed E-state index contributed by atoms with van der Waals surface area (Å²) in [7, 11) is 1.70. The van der Waals surface area contributed by atoms with E-state index in [1.807, 2.05) is 6.07 Å². The van der Waals surface area contributed by atoms with Crippen LogP contribution in [-0.2, 0) is 6.42 Å². The van der Waals surface area contributed by atoms with Gasteiger partial charge in [-0.05, 0) is 54.5 Å². The number of ether oxygens (including phenoxy) is 1. The second kappa shape index (κ2) is 5.17. The molecule has 0 saturated carbocycles. The highest BCUT2D eigenvalue weighted by Gasteiger charge is 2.12. The molecule has 0 fully saturated rings. The number of allylic oxidation sites excluding steroid dienone is 2. The van der Waals surface area contributed by atoms with Gasteiger partial charge in [-0.1, -0.05) is 12.1 Å². The zero-order valence-corrected chi connectivity index (χ0v) is 9.70. The smallest absolute Gasteiger partial charge is 0.119 e. The van der Waals surface area contributed by atoms with Crippen molar-refractivity contribution in [2.45, 2.75) is 25.7 Å². The second-order valence-corrected chi connectivity index (χ2v) is 4.12. The summed E-state index contributed by atoms with van der Waals surface area (Å²) in [5.41, 5.74) is 4.08. The molecule has 1 aromatic rings. The molecule has 2 heteroatoms. The third kappa shape index (κ3) is 2.27. The molecule has 0 aromatic heterocycles. The predicted molar refractivity (Wildman–Crippen MR) is 65.6 cm³/mol. The summed E-state index contributed by atoms with van der Waals surface area (Å²) in [6.45, 7) is 0.267. The average Bonchev–Trinajstić information content (AvgIpc) is 2.35. The molecule has 0 radical (unpaired) electrons. The Labute approximate surface area is 96.6 Å². The van der Waals surface area contributed by atoms with Gasteiger partial charge in [-0.2, -0.15) is 0 Å². The maximum Gasteiger partial charge on any atom is 0.119 e. The first-order valence-corrected chi connectivity index (χ1v) is 5.82. The van der Waals surface area contributed by atoms with E-state index in [1.54, 1.807) is 7.11 Å². The Balaban J connectivity index is 2.24. The van der Waals surface area contributed by atoms with Crippen molar-refractivity contribution in [3.05, 3.63) is 35.4 Å². The molecular weight excluding hydrogens is 200 g/mol. The molecule has 0 bridgehead atoms. The highest BCUT2D eigenvalue weighted by molar-refractivity contribution is 5.70. The molecule has 1 aliphatic rings. The summed E-state index contributed by atoms with van der Waals surface area (Å²) in [4.78, 5) is 0. The predicted octanol–water partition coefficient (Wildman–Crippen LogP) is 2.80. The Morgan fingerprint density at radius 2 is 2.25 bits per heavy atom. The van der Waals surface area contributed by atoms with Gasteiger partial charge in [0.15, 0.2) is 0 Å². The van der Waals surface area contributed by atoms with Crippen molar-refractivity contribution in [2.24, 2.45) is 0 Å². The first-order valence-electron chi connectivity index (χ1n) is 5.82. The number of aliphatic hydroxyl groups excluding tert-OH is 1. The van der Waals surface area contributed by atoms with E-state index in [0.717, 1.165) is 31.4 Å². The Morgan fingerprint density at radius 3 is 3.00 bits per heavy atom. The monoisotopic (exact) mass is 218 g/mol. The molecule has 0 amide bonds. The Morgan fingerprint density at radius 1 is 1.38 bits per heavy atom. The number of aliphatic hydroxyl groups is 1. The molecule has 1 aliphatic carbocycles. The lowest BCUT2D eigenvalue weighted by Crippen LogP contribution is -2.01. The molecule has 2 nitrogen and oxygen atoms in total. The number of hydrogen-bond acceptors (Lipinski definition) is 2. The Hall–Kier alpha value is -1.28. The van der Waals surface area contributed by atoms with Crippen molar-refractivity contribution >= 4 is 5.57 Å². The van der Waals surface area contributed by atoms with Gasteiger partial charge >= 0.3 is 0 Å². The van der Waals surface area contributed by atoms with Crippen LogP contribution in [0, 0.1) is 0 Å². The van der Waals surface area contributed by atoms with Crippen LogP contribution in [0.5, 0.6) is 5.75 Å². The van der Waals surface area contributed by atoms with Crippen LogP contribution in [-0.4, -0.2) is 18.8 Å². The quantitative estimate of drug-likeness (QED) is 0.842.